The number of hydrogen-bond acceptors (Lipinski definition) is 8. The van der Waals surface area contributed by atoms with Gasteiger partial charge in [-0.1, -0.05) is 12.1 Å². The molecule has 6 N–H and O–H groups in total. The third-order valence-corrected chi connectivity index (χ3v) is 5.64. The van der Waals surface area contributed by atoms with E-state index in [1.807, 2.05) is 30.3 Å². The first-order chi connectivity index (χ1) is 17.4. The van der Waals surface area contributed by atoms with E-state index in [0.717, 1.165) is 38.4 Å². The Morgan fingerprint density at radius 1 is 0.919 bits per heavy atom. The molecule has 37 heavy (non-hydrogen) atoms. The van der Waals surface area contributed by atoms with Crippen molar-refractivity contribution >= 4 is 29.5 Å². The zero-order chi connectivity index (χ0) is 27.6. The maximum atomic E-state index is 11.1. The molecule has 12 nitrogen and oxygen atoms in total. The number of carboxylic acids is 3. The summed E-state index contributed by atoms with van der Waals surface area (Å²) in [5.41, 5.74) is 6.07. The molecular formula is C25H28N4O8. The Labute approximate surface area is 212 Å². The number of nitriles is 1. The predicted octanol–water partition coefficient (Wildman–Crippen LogP) is 0.731. The number of hydrogen-bond donors (Lipinski definition) is 5. The molecule has 0 bridgehead atoms. The summed E-state index contributed by atoms with van der Waals surface area (Å²) in [5, 5.41) is 42.8. The third kappa shape index (κ3) is 8.92. The molecule has 0 spiro atoms. The summed E-state index contributed by atoms with van der Waals surface area (Å²) in [7, 11) is 0. The van der Waals surface area contributed by atoms with E-state index in [0.29, 0.717) is 11.1 Å². The zero-order valence-electron chi connectivity index (χ0n) is 19.9. The molecule has 2 aromatic carbocycles. The van der Waals surface area contributed by atoms with E-state index in [1.54, 1.807) is 12.1 Å². The highest BCUT2D eigenvalue weighted by molar-refractivity contribution is 5.93. The van der Waals surface area contributed by atoms with Crippen LogP contribution in [0.1, 0.15) is 34.3 Å². The number of rotatable bonds is 9. The number of carboxylic acid groups (broad SMARTS) is 3. The number of amides is 1. The fraction of sp³-hybridized carbons (Fsp3) is 0.320. The molecule has 1 saturated heterocycles. The second-order valence-electron chi connectivity index (χ2n) is 8.46. The molecule has 12 heteroatoms. The van der Waals surface area contributed by atoms with Crippen molar-refractivity contribution in [2.75, 3.05) is 31.1 Å². The molecule has 0 atom stereocenters. The number of primary amides is 1. The minimum Gasteiger partial charge on any atom is -0.481 e. The van der Waals surface area contributed by atoms with Crippen molar-refractivity contribution in [3.63, 3.8) is 0 Å². The lowest BCUT2D eigenvalue weighted by Gasteiger charge is -2.36. The lowest BCUT2D eigenvalue weighted by molar-refractivity contribution is -0.170. The van der Waals surface area contributed by atoms with Crippen LogP contribution in [-0.4, -0.2) is 80.9 Å². The topological polar surface area (TPSA) is 205 Å². The first-order valence-corrected chi connectivity index (χ1v) is 11.2. The lowest BCUT2D eigenvalue weighted by atomic mass is 9.96. The Morgan fingerprint density at radius 2 is 1.49 bits per heavy atom. The number of aliphatic hydroxyl groups is 1. The van der Waals surface area contributed by atoms with Gasteiger partial charge in [0, 0.05) is 44.0 Å². The number of nitrogens with zero attached hydrogens (tertiary/aromatic N) is 3. The average Bonchev–Trinajstić information content (AvgIpc) is 2.84. The highest BCUT2D eigenvalue weighted by Crippen LogP contribution is 2.19. The highest BCUT2D eigenvalue weighted by Gasteiger charge is 2.40. The van der Waals surface area contributed by atoms with Gasteiger partial charge in [0.15, 0.2) is 5.60 Å². The van der Waals surface area contributed by atoms with Crippen LogP contribution in [0.4, 0.5) is 5.69 Å². The molecule has 2 aromatic rings. The van der Waals surface area contributed by atoms with Gasteiger partial charge in [0.25, 0.3) is 0 Å². The van der Waals surface area contributed by atoms with Crippen LogP contribution in [0.25, 0.3) is 0 Å². The normalized spacial score (nSPS) is 13.6. The standard InChI is InChI=1S/C19H20N4O.C6H8O7/c20-13-15-2-1-3-16(12-15)14-22-8-10-23(11-9-22)18-6-4-17(5-7-18)19(21)24;7-3(8)1-6(13,5(11)12)2-4(9)10/h1-7,12H,8-11,14H2,(H2,21,24);13H,1-2H2,(H,7,8)(H,9,10)(H,11,12). The largest absolute Gasteiger partial charge is 0.481 e. The van der Waals surface area contributed by atoms with Crippen LogP contribution >= 0.6 is 0 Å². The zero-order valence-corrected chi connectivity index (χ0v) is 19.9. The number of carbonyl (C=O) groups is 4. The van der Waals surface area contributed by atoms with Crippen molar-refractivity contribution in [1.82, 2.24) is 4.90 Å². The van der Waals surface area contributed by atoms with Gasteiger partial charge in [0.2, 0.25) is 5.91 Å². The van der Waals surface area contributed by atoms with Gasteiger partial charge in [-0.15, -0.1) is 0 Å². The molecule has 0 unspecified atom stereocenters. The Kier molecular flexibility index (Phi) is 10.1. The van der Waals surface area contributed by atoms with Crippen LogP contribution in [0.2, 0.25) is 0 Å². The molecule has 3 rings (SSSR count). The van der Waals surface area contributed by atoms with Crippen molar-refractivity contribution in [2.24, 2.45) is 5.73 Å². The third-order valence-electron chi connectivity index (χ3n) is 5.64. The minimum atomic E-state index is -2.74. The SMILES string of the molecule is N#Cc1cccc(CN2CCN(c3ccc(C(N)=O)cc3)CC2)c1.O=C(O)CC(O)(CC(=O)O)C(=O)O. The van der Waals surface area contributed by atoms with Crippen molar-refractivity contribution < 1.29 is 39.6 Å². The minimum absolute atomic E-state index is 0.397. The molecule has 0 radical (unpaired) electrons. The van der Waals surface area contributed by atoms with E-state index in [2.05, 4.69) is 21.9 Å². The van der Waals surface area contributed by atoms with Crippen molar-refractivity contribution in [3.8, 4) is 6.07 Å². The molecule has 0 saturated carbocycles. The summed E-state index contributed by atoms with van der Waals surface area (Å²) in [6, 6.07) is 17.4. The van der Waals surface area contributed by atoms with Crippen LogP contribution in [0.5, 0.6) is 0 Å². The molecule has 1 aliphatic heterocycles. The van der Waals surface area contributed by atoms with E-state index in [4.69, 9.17) is 31.4 Å². The quantitative estimate of drug-likeness (QED) is 0.316. The first kappa shape index (κ1) is 28.8. The van der Waals surface area contributed by atoms with Crippen LogP contribution in [0, 0.1) is 11.3 Å². The molecule has 0 aliphatic carbocycles. The number of nitrogens with two attached hydrogens (primary N) is 1. The van der Waals surface area contributed by atoms with Crippen molar-refractivity contribution in [3.05, 3.63) is 65.2 Å². The molecular weight excluding hydrogens is 484 g/mol. The maximum Gasteiger partial charge on any atom is 0.336 e. The second-order valence-corrected chi connectivity index (χ2v) is 8.46. The average molecular weight is 513 g/mol. The number of anilines is 1. The summed E-state index contributed by atoms with van der Waals surface area (Å²) in [4.78, 5) is 46.3. The molecule has 1 aliphatic rings. The monoisotopic (exact) mass is 512 g/mol. The van der Waals surface area contributed by atoms with Crippen LogP contribution in [-0.2, 0) is 20.9 Å². The van der Waals surface area contributed by atoms with Gasteiger partial charge in [-0.05, 0) is 42.0 Å². The summed E-state index contributed by atoms with van der Waals surface area (Å²) in [6.45, 7) is 4.67. The van der Waals surface area contributed by atoms with Gasteiger partial charge in [-0.2, -0.15) is 5.26 Å². The van der Waals surface area contributed by atoms with Gasteiger partial charge < -0.3 is 31.1 Å². The Bertz CT molecular complexity index is 1150. The van der Waals surface area contributed by atoms with Crippen molar-refractivity contribution in [1.29, 1.82) is 5.26 Å². The number of carbonyl (C=O) groups excluding carboxylic acids is 1. The fourth-order valence-corrected chi connectivity index (χ4v) is 3.71. The van der Waals surface area contributed by atoms with Gasteiger partial charge in [0.05, 0.1) is 24.5 Å². The van der Waals surface area contributed by atoms with Gasteiger partial charge in [0.1, 0.15) is 0 Å². The van der Waals surface area contributed by atoms with Crippen molar-refractivity contribution in [2.45, 2.75) is 25.0 Å². The lowest BCUT2D eigenvalue weighted by Crippen LogP contribution is -2.45. The highest BCUT2D eigenvalue weighted by atomic mass is 16.4. The molecule has 1 fully saturated rings. The van der Waals surface area contributed by atoms with Crippen LogP contribution in [0.3, 0.4) is 0 Å². The van der Waals surface area contributed by atoms with Crippen LogP contribution in [0.15, 0.2) is 48.5 Å². The van der Waals surface area contributed by atoms with E-state index in [-0.39, 0.29) is 0 Å². The predicted molar refractivity (Wildman–Crippen MR) is 131 cm³/mol. The number of aliphatic carboxylic acids is 3. The van der Waals surface area contributed by atoms with E-state index < -0.39 is 42.3 Å². The summed E-state index contributed by atoms with van der Waals surface area (Å²) in [6.07, 6.45) is -2.29. The van der Waals surface area contributed by atoms with E-state index >= 15 is 0 Å². The Balaban J connectivity index is 0.000000317. The molecule has 196 valence electrons. The van der Waals surface area contributed by atoms with E-state index in [9.17, 15) is 19.2 Å². The maximum absolute atomic E-state index is 11.1. The molecule has 1 heterocycles. The molecule has 0 aromatic heterocycles. The van der Waals surface area contributed by atoms with Crippen LogP contribution < -0.4 is 10.6 Å². The Morgan fingerprint density at radius 3 is 1.95 bits per heavy atom. The van der Waals surface area contributed by atoms with Gasteiger partial charge in [-0.3, -0.25) is 19.3 Å². The molecule has 1 amide bonds. The smallest absolute Gasteiger partial charge is 0.336 e. The fourth-order valence-electron chi connectivity index (χ4n) is 3.71. The first-order valence-electron chi connectivity index (χ1n) is 11.2. The number of benzene rings is 2. The summed E-state index contributed by atoms with van der Waals surface area (Å²) < 4.78 is 0. The number of piperazine rings is 1. The van der Waals surface area contributed by atoms with Gasteiger partial charge in [-0.25, -0.2) is 4.79 Å². The summed E-state index contributed by atoms with van der Waals surface area (Å²) >= 11 is 0. The summed E-state index contributed by atoms with van der Waals surface area (Å²) in [5.74, 6) is -5.42. The Hall–Kier alpha value is -4.47. The van der Waals surface area contributed by atoms with Gasteiger partial charge >= 0.3 is 17.9 Å². The van der Waals surface area contributed by atoms with E-state index in [1.165, 1.54) is 5.56 Å². The second kappa shape index (κ2) is 13.0.